The second kappa shape index (κ2) is 13.0. The van der Waals surface area contributed by atoms with Crippen LogP contribution in [0.4, 0.5) is 0 Å². The molecule has 2 amide bonds. The Labute approximate surface area is 215 Å². The number of nitrogens with zero attached hydrogens (tertiary/aromatic N) is 2. The van der Waals surface area contributed by atoms with E-state index in [9.17, 15) is 18.0 Å². The fourth-order valence-electron chi connectivity index (χ4n) is 4.78. The summed E-state index contributed by atoms with van der Waals surface area (Å²) in [6.45, 7) is 4.49. The van der Waals surface area contributed by atoms with E-state index in [2.05, 4.69) is 5.32 Å². The Morgan fingerprint density at radius 3 is 2.39 bits per heavy atom. The number of aryl methyl sites for hydroxylation is 1. The molecule has 1 saturated carbocycles. The van der Waals surface area contributed by atoms with Gasteiger partial charge in [-0.2, -0.15) is 0 Å². The van der Waals surface area contributed by atoms with E-state index in [1.165, 1.54) is 11.4 Å². The summed E-state index contributed by atoms with van der Waals surface area (Å²) < 4.78 is 26.9. The van der Waals surface area contributed by atoms with Crippen molar-refractivity contribution < 1.29 is 18.0 Å². The Hall–Kier alpha value is -2.71. The van der Waals surface area contributed by atoms with Gasteiger partial charge in [-0.15, -0.1) is 0 Å². The van der Waals surface area contributed by atoms with Crippen LogP contribution in [0.15, 0.2) is 59.5 Å². The van der Waals surface area contributed by atoms with Crippen molar-refractivity contribution in [2.24, 2.45) is 0 Å². The van der Waals surface area contributed by atoms with Crippen LogP contribution in [-0.4, -0.2) is 55.1 Å². The van der Waals surface area contributed by atoms with Crippen LogP contribution in [0, 0.1) is 6.92 Å². The van der Waals surface area contributed by atoms with Crippen LogP contribution in [0.5, 0.6) is 0 Å². The van der Waals surface area contributed by atoms with Crippen LogP contribution < -0.4 is 5.32 Å². The van der Waals surface area contributed by atoms with Crippen LogP contribution >= 0.6 is 0 Å². The van der Waals surface area contributed by atoms with Gasteiger partial charge in [-0.05, 0) is 50.3 Å². The fraction of sp³-hybridized carbons (Fsp3) is 0.500. The highest BCUT2D eigenvalue weighted by Crippen LogP contribution is 2.20. The van der Waals surface area contributed by atoms with Gasteiger partial charge in [0, 0.05) is 32.6 Å². The first-order valence-electron chi connectivity index (χ1n) is 12.9. The van der Waals surface area contributed by atoms with E-state index in [0.29, 0.717) is 19.4 Å². The number of amides is 2. The van der Waals surface area contributed by atoms with Gasteiger partial charge in [0.15, 0.2) is 0 Å². The highest BCUT2D eigenvalue weighted by Gasteiger charge is 2.30. The van der Waals surface area contributed by atoms with Crippen LogP contribution in [-0.2, 0) is 26.2 Å². The van der Waals surface area contributed by atoms with Crippen molar-refractivity contribution in [1.82, 2.24) is 14.5 Å². The molecule has 196 valence electrons. The highest BCUT2D eigenvalue weighted by molar-refractivity contribution is 7.89. The molecule has 0 heterocycles. The average molecular weight is 514 g/mol. The minimum Gasteiger partial charge on any atom is -0.352 e. The molecule has 0 aliphatic heterocycles. The maximum atomic E-state index is 13.5. The molecule has 1 fully saturated rings. The summed E-state index contributed by atoms with van der Waals surface area (Å²) >= 11 is 0. The van der Waals surface area contributed by atoms with Gasteiger partial charge in [-0.1, -0.05) is 67.8 Å². The fourth-order valence-corrected chi connectivity index (χ4v) is 6.01. The minimum atomic E-state index is -3.61. The number of carbonyl (C=O) groups excluding carboxylic acids is 2. The largest absolute Gasteiger partial charge is 0.352 e. The summed E-state index contributed by atoms with van der Waals surface area (Å²) in [4.78, 5) is 28.6. The Morgan fingerprint density at radius 1 is 1.06 bits per heavy atom. The van der Waals surface area contributed by atoms with Gasteiger partial charge in [-0.3, -0.25) is 9.59 Å². The van der Waals surface area contributed by atoms with Crippen molar-refractivity contribution in [2.45, 2.75) is 82.3 Å². The zero-order valence-electron chi connectivity index (χ0n) is 21.7. The summed E-state index contributed by atoms with van der Waals surface area (Å²) in [5.74, 6) is -0.246. The third kappa shape index (κ3) is 7.40. The Morgan fingerprint density at radius 2 is 1.75 bits per heavy atom. The number of rotatable bonds is 12. The minimum absolute atomic E-state index is 0.103. The molecule has 0 radical (unpaired) electrons. The predicted molar refractivity (Wildman–Crippen MR) is 142 cm³/mol. The zero-order valence-corrected chi connectivity index (χ0v) is 22.5. The van der Waals surface area contributed by atoms with Crippen molar-refractivity contribution in [3.8, 4) is 0 Å². The summed E-state index contributed by atoms with van der Waals surface area (Å²) in [5.41, 5.74) is 2.07. The first-order valence-corrected chi connectivity index (χ1v) is 14.3. The monoisotopic (exact) mass is 513 g/mol. The number of sulfonamides is 1. The topological polar surface area (TPSA) is 86.8 Å². The SMILES string of the molecule is CC[C@H](C(=O)NC1CCCC1)N(Cc1cccc(C)c1)C(=O)CCCN(C)S(=O)(=O)c1ccccc1. The van der Waals surface area contributed by atoms with Gasteiger partial charge in [0.25, 0.3) is 0 Å². The molecular weight excluding hydrogens is 474 g/mol. The number of nitrogens with one attached hydrogen (secondary N) is 1. The zero-order chi connectivity index (χ0) is 26.1. The molecule has 1 atom stereocenters. The lowest BCUT2D eigenvalue weighted by Crippen LogP contribution is -2.51. The second-order valence-corrected chi connectivity index (χ2v) is 11.7. The predicted octanol–water partition coefficient (Wildman–Crippen LogP) is 4.26. The number of carbonyl (C=O) groups is 2. The third-order valence-corrected chi connectivity index (χ3v) is 8.71. The van der Waals surface area contributed by atoms with Gasteiger partial charge < -0.3 is 10.2 Å². The standard InChI is InChI=1S/C28H39N3O4S/c1-4-26(28(33)29-24-14-8-9-15-24)31(21-23-13-10-12-22(2)20-23)27(32)18-11-19-30(3)36(34,35)25-16-6-5-7-17-25/h5-7,10,12-13,16-17,20,24,26H,4,8-9,11,14-15,18-19,21H2,1-3H3,(H,29,33)/t26-/m1/s1. The quantitative estimate of drug-likeness (QED) is 0.459. The number of benzene rings is 2. The van der Waals surface area contributed by atoms with Crippen molar-refractivity contribution in [2.75, 3.05) is 13.6 Å². The maximum absolute atomic E-state index is 13.5. The molecule has 0 spiro atoms. The first-order chi connectivity index (χ1) is 17.2. The van der Waals surface area contributed by atoms with E-state index < -0.39 is 16.1 Å². The smallest absolute Gasteiger partial charge is 0.243 e. The molecule has 1 aliphatic carbocycles. The molecule has 2 aromatic carbocycles. The molecule has 0 unspecified atom stereocenters. The van der Waals surface area contributed by atoms with E-state index >= 15 is 0 Å². The Bertz CT molecular complexity index is 1110. The lowest BCUT2D eigenvalue weighted by Gasteiger charge is -2.32. The third-order valence-electron chi connectivity index (χ3n) is 6.84. The van der Waals surface area contributed by atoms with E-state index in [1.54, 1.807) is 35.2 Å². The van der Waals surface area contributed by atoms with Gasteiger partial charge in [0.2, 0.25) is 21.8 Å². The van der Waals surface area contributed by atoms with E-state index in [0.717, 1.165) is 36.8 Å². The average Bonchev–Trinajstić information content (AvgIpc) is 3.37. The normalized spacial score (nSPS) is 15.1. The Kier molecular flexibility index (Phi) is 10.1. The van der Waals surface area contributed by atoms with Crippen LogP contribution in [0.3, 0.4) is 0 Å². The molecule has 8 heteroatoms. The molecule has 2 aromatic rings. The van der Waals surface area contributed by atoms with E-state index in [1.807, 2.05) is 38.1 Å². The molecule has 36 heavy (non-hydrogen) atoms. The van der Waals surface area contributed by atoms with Crippen LogP contribution in [0.25, 0.3) is 0 Å². The lowest BCUT2D eigenvalue weighted by molar-refractivity contribution is -0.141. The summed E-state index contributed by atoms with van der Waals surface area (Å²) in [6.07, 6.45) is 5.24. The van der Waals surface area contributed by atoms with Gasteiger partial charge in [0.05, 0.1) is 4.90 Å². The molecule has 7 nitrogen and oxygen atoms in total. The van der Waals surface area contributed by atoms with E-state index in [-0.39, 0.29) is 35.7 Å². The molecule has 0 bridgehead atoms. The highest BCUT2D eigenvalue weighted by atomic mass is 32.2. The van der Waals surface area contributed by atoms with Gasteiger partial charge >= 0.3 is 0 Å². The molecule has 0 aromatic heterocycles. The van der Waals surface area contributed by atoms with E-state index in [4.69, 9.17) is 0 Å². The van der Waals surface area contributed by atoms with Gasteiger partial charge in [-0.25, -0.2) is 12.7 Å². The molecule has 3 rings (SSSR count). The summed E-state index contributed by atoms with van der Waals surface area (Å²) in [6, 6.07) is 15.8. The molecular formula is C28H39N3O4S. The molecule has 1 N–H and O–H groups in total. The van der Waals surface area contributed by atoms with Crippen LogP contribution in [0.2, 0.25) is 0 Å². The molecule has 1 aliphatic rings. The second-order valence-electron chi connectivity index (χ2n) is 9.67. The summed E-state index contributed by atoms with van der Waals surface area (Å²) in [7, 11) is -2.09. The van der Waals surface area contributed by atoms with Gasteiger partial charge in [0.1, 0.15) is 6.04 Å². The first kappa shape index (κ1) is 27.9. The lowest BCUT2D eigenvalue weighted by atomic mass is 10.1. The molecule has 0 saturated heterocycles. The van der Waals surface area contributed by atoms with Crippen molar-refractivity contribution >= 4 is 21.8 Å². The Balaban J connectivity index is 1.69. The van der Waals surface area contributed by atoms with Crippen molar-refractivity contribution in [3.05, 3.63) is 65.7 Å². The van der Waals surface area contributed by atoms with Crippen molar-refractivity contribution in [1.29, 1.82) is 0 Å². The number of hydrogen-bond acceptors (Lipinski definition) is 4. The number of hydrogen-bond donors (Lipinski definition) is 1. The maximum Gasteiger partial charge on any atom is 0.243 e. The van der Waals surface area contributed by atoms with Crippen molar-refractivity contribution in [3.63, 3.8) is 0 Å². The van der Waals surface area contributed by atoms with Crippen LogP contribution in [0.1, 0.15) is 63.0 Å². The summed E-state index contributed by atoms with van der Waals surface area (Å²) in [5, 5.41) is 3.15.